The molecule has 1 aliphatic rings. The van der Waals surface area contributed by atoms with Gasteiger partial charge in [-0.2, -0.15) is 0 Å². The van der Waals surface area contributed by atoms with Crippen molar-refractivity contribution in [1.29, 1.82) is 0 Å². The molecule has 3 unspecified atom stereocenters. The highest BCUT2D eigenvalue weighted by molar-refractivity contribution is 4.93. The van der Waals surface area contributed by atoms with Crippen LogP contribution in [0.3, 0.4) is 0 Å². The molecule has 0 spiro atoms. The molecular weight excluding hydrogens is 212 g/mol. The number of nitrogens with one attached hydrogen (secondary N) is 1. The maximum absolute atomic E-state index is 9.20. The van der Waals surface area contributed by atoms with E-state index in [1.807, 2.05) is 0 Å². The molecule has 1 aliphatic carbocycles. The molecule has 2 N–H and O–H groups in total. The zero-order valence-electron chi connectivity index (χ0n) is 12.2. The first-order chi connectivity index (χ1) is 7.92. The maximum atomic E-state index is 9.20. The fourth-order valence-electron chi connectivity index (χ4n) is 3.29. The molecule has 0 aromatic rings. The fraction of sp³-hybridized carbons (Fsp3) is 1.00. The molecule has 0 bridgehead atoms. The highest BCUT2D eigenvalue weighted by atomic mass is 16.3. The number of likely N-dealkylation sites (N-methyl/N-ethyl adjacent to an activating group) is 1. The summed E-state index contributed by atoms with van der Waals surface area (Å²) in [7, 11) is 4.20. The third kappa shape index (κ3) is 3.67. The summed E-state index contributed by atoms with van der Waals surface area (Å²) < 4.78 is 0. The van der Waals surface area contributed by atoms with Gasteiger partial charge in [0.1, 0.15) is 0 Å². The van der Waals surface area contributed by atoms with Crippen LogP contribution in [0.1, 0.15) is 40.0 Å². The van der Waals surface area contributed by atoms with Gasteiger partial charge in [-0.25, -0.2) is 0 Å². The quantitative estimate of drug-likeness (QED) is 0.770. The average Bonchev–Trinajstić information content (AvgIpc) is 2.27. The molecule has 0 amide bonds. The van der Waals surface area contributed by atoms with E-state index in [-0.39, 0.29) is 12.6 Å². The van der Waals surface area contributed by atoms with Gasteiger partial charge in [0.25, 0.3) is 0 Å². The summed E-state index contributed by atoms with van der Waals surface area (Å²) in [6.45, 7) is 8.15. The van der Waals surface area contributed by atoms with Gasteiger partial charge in [-0.15, -0.1) is 0 Å². The topological polar surface area (TPSA) is 35.5 Å². The van der Waals surface area contributed by atoms with Crippen molar-refractivity contribution in [3.05, 3.63) is 0 Å². The van der Waals surface area contributed by atoms with Crippen LogP contribution < -0.4 is 5.32 Å². The standard InChI is InChI=1S/C14H30N2O/c1-11(10-17)16(5)9-12-7-6-8-14(2,3)13(12)15-4/h11-13,15,17H,6-10H2,1-5H3. The van der Waals surface area contributed by atoms with Crippen molar-refractivity contribution in [2.75, 3.05) is 27.2 Å². The van der Waals surface area contributed by atoms with E-state index in [0.29, 0.717) is 17.4 Å². The number of aliphatic hydroxyl groups excluding tert-OH is 1. The first-order valence-electron chi connectivity index (χ1n) is 6.90. The zero-order chi connectivity index (χ0) is 13.1. The molecule has 3 atom stereocenters. The van der Waals surface area contributed by atoms with E-state index in [1.54, 1.807) is 0 Å². The first kappa shape index (κ1) is 14.9. The van der Waals surface area contributed by atoms with Crippen LogP contribution in [-0.2, 0) is 0 Å². The molecule has 3 nitrogen and oxygen atoms in total. The Kier molecular flexibility index (Phi) is 5.42. The van der Waals surface area contributed by atoms with Gasteiger partial charge in [0.15, 0.2) is 0 Å². The Balaban J connectivity index is 2.62. The Morgan fingerprint density at radius 1 is 1.47 bits per heavy atom. The van der Waals surface area contributed by atoms with Crippen LogP contribution in [0.25, 0.3) is 0 Å². The van der Waals surface area contributed by atoms with Crippen molar-refractivity contribution in [2.45, 2.75) is 52.1 Å². The second kappa shape index (κ2) is 6.17. The van der Waals surface area contributed by atoms with Gasteiger partial charge in [0.2, 0.25) is 0 Å². The van der Waals surface area contributed by atoms with Crippen LogP contribution in [0.5, 0.6) is 0 Å². The van der Waals surface area contributed by atoms with Gasteiger partial charge < -0.3 is 15.3 Å². The van der Waals surface area contributed by atoms with Crippen molar-refractivity contribution in [2.24, 2.45) is 11.3 Å². The molecule has 0 aliphatic heterocycles. The number of hydrogen-bond donors (Lipinski definition) is 2. The molecule has 1 saturated carbocycles. The summed E-state index contributed by atoms with van der Waals surface area (Å²) in [6, 6.07) is 0.849. The molecule has 0 saturated heterocycles. The van der Waals surface area contributed by atoms with Gasteiger partial charge in [0.05, 0.1) is 6.61 Å². The highest BCUT2D eigenvalue weighted by Gasteiger charge is 2.38. The Morgan fingerprint density at radius 2 is 2.12 bits per heavy atom. The van der Waals surface area contributed by atoms with E-state index in [1.165, 1.54) is 19.3 Å². The summed E-state index contributed by atoms with van der Waals surface area (Å²) in [5.41, 5.74) is 0.390. The fourth-order valence-corrected chi connectivity index (χ4v) is 3.29. The third-order valence-corrected chi connectivity index (χ3v) is 4.56. The number of nitrogens with zero attached hydrogens (tertiary/aromatic N) is 1. The number of hydrogen-bond acceptors (Lipinski definition) is 3. The Labute approximate surface area is 107 Å². The number of rotatable bonds is 5. The SMILES string of the molecule is CNC1C(CN(C)C(C)CO)CCCC1(C)C. The molecule has 1 rings (SSSR count). The molecule has 3 heteroatoms. The summed E-state index contributed by atoms with van der Waals surface area (Å²) in [5.74, 6) is 0.697. The predicted octanol–water partition coefficient (Wildman–Crippen LogP) is 1.71. The summed E-state index contributed by atoms with van der Waals surface area (Å²) in [4.78, 5) is 2.29. The molecular formula is C14H30N2O. The Bertz CT molecular complexity index is 230. The summed E-state index contributed by atoms with van der Waals surface area (Å²) in [5, 5.41) is 12.7. The Morgan fingerprint density at radius 3 is 2.65 bits per heavy atom. The Hall–Kier alpha value is -0.120. The van der Waals surface area contributed by atoms with Crippen LogP contribution in [0, 0.1) is 11.3 Å². The second-order valence-electron chi connectivity index (χ2n) is 6.38. The van der Waals surface area contributed by atoms with Crippen molar-refractivity contribution in [1.82, 2.24) is 10.2 Å². The van der Waals surface area contributed by atoms with Gasteiger partial charge in [0, 0.05) is 18.6 Å². The van der Waals surface area contributed by atoms with E-state index < -0.39 is 0 Å². The molecule has 0 aromatic heterocycles. The lowest BCUT2D eigenvalue weighted by atomic mass is 9.68. The smallest absolute Gasteiger partial charge is 0.0584 e. The zero-order valence-corrected chi connectivity index (χ0v) is 12.2. The van der Waals surface area contributed by atoms with Gasteiger partial charge in [-0.05, 0) is 45.2 Å². The molecule has 0 radical (unpaired) electrons. The molecule has 0 heterocycles. The molecule has 17 heavy (non-hydrogen) atoms. The van der Waals surface area contributed by atoms with E-state index in [2.05, 4.69) is 45.1 Å². The van der Waals surface area contributed by atoms with Crippen LogP contribution in [-0.4, -0.2) is 49.3 Å². The van der Waals surface area contributed by atoms with E-state index in [4.69, 9.17) is 0 Å². The van der Waals surface area contributed by atoms with Crippen LogP contribution in [0.2, 0.25) is 0 Å². The normalized spacial score (nSPS) is 30.5. The van der Waals surface area contributed by atoms with Crippen LogP contribution in [0.15, 0.2) is 0 Å². The first-order valence-corrected chi connectivity index (χ1v) is 6.90. The minimum atomic E-state index is 0.247. The molecule has 1 fully saturated rings. The maximum Gasteiger partial charge on any atom is 0.0584 e. The highest BCUT2D eigenvalue weighted by Crippen LogP contribution is 2.39. The molecule has 0 aromatic carbocycles. The van der Waals surface area contributed by atoms with Gasteiger partial charge in [-0.1, -0.05) is 20.3 Å². The second-order valence-corrected chi connectivity index (χ2v) is 6.38. The lowest BCUT2D eigenvalue weighted by molar-refractivity contribution is 0.0693. The van der Waals surface area contributed by atoms with Crippen LogP contribution in [0.4, 0.5) is 0 Å². The summed E-state index contributed by atoms with van der Waals surface area (Å²) in [6.07, 6.45) is 3.95. The van der Waals surface area contributed by atoms with Gasteiger partial charge in [-0.3, -0.25) is 0 Å². The third-order valence-electron chi connectivity index (χ3n) is 4.56. The minimum absolute atomic E-state index is 0.247. The largest absolute Gasteiger partial charge is 0.395 e. The van der Waals surface area contributed by atoms with Crippen molar-refractivity contribution >= 4 is 0 Å². The monoisotopic (exact) mass is 242 g/mol. The van der Waals surface area contributed by atoms with Crippen LogP contribution >= 0.6 is 0 Å². The van der Waals surface area contributed by atoms with E-state index in [0.717, 1.165) is 6.54 Å². The van der Waals surface area contributed by atoms with E-state index >= 15 is 0 Å². The lowest BCUT2D eigenvalue weighted by Gasteiger charge is -2.45. The van der Waals surface area contributed by atoms with Crippen molar-refractivity contribution < 1.29 is 5.11 Å². The van der Waals surface area contributed by atoms with Gasteiger partial charge >= 0.3 is 0 Å². The van der Waals surface area contributed by atoms with Crippen molar-refractivity contribution in [3.63, 3.8) is 0 Å². The van der Waals surface area contributed by atoms with Crippen molar-refractivity contribution in [3.8, 4) is 0 Å². The lowest BCUT2D eigenvalue weighted by Crippen LogP contribution is -2.52. The number of aliphatic hydroxyl groups is 1. The average molecular weight is 242 g/mol. The predicted molar refractivity (Wildman–Crippen MR) is 73.1 cm³/mol. The minimum Gasteiger partial charge on any atom is -0.395 e. The molecule has 102 valence electrons. The van der Waals surface area contributed by atoms with E-state index in [9.17, 15) is 5.11 Å². The summed E-state index contributed by atoms with van der Waals surface area (Å²) >= 11 is 0.